The van der Waals surface area contributed by atoms with Crippen molar-refractivity contribution in [3.63, 3.8) is 0 Å². The minimum Gasteiger partial charge on any atom is -0.395 e. The molecule has 2 atom stereocenters. The van der Waals surface area contributed by atoms with Crippen LogP contribution in [0.2, 0.25) is 0 Å². The Hall–Kier alpha value is -4.35. The molecule has 0 bridgehead atoms. The summed E-state index contributed by atoms with van der Waals surface area (Å²) in [5.41, 5.74) is 10.0. The van der Waals surface area contributed by atoms with Crippen molar-refractivity contribution in [1.82, 2.24) is 19.7 Å². The molecule has 5 heterocycles. The van der Waals surface area contributed by atoms with Crippen LogP contribution in [0.15, 0.2) is 83.5 Å². The Morgan fingerprint density at radius 1 is 0.867 bits per heavy atom. The zero-order valence-electron chi connectivity index (χ0n) is 25.0. The van der Waals surface area contributed by atoms with Gasteiger partial charge in [0.05, 0.1) is 39.9 Å². The molecule has 0 aliphatic carbocycles. The first-order valence-corrected chi connectivity index (χ1v) is 15.2. The molecule has 6 rings (SSSR count). The van der Waals surface area contributed by atoms with Crippen LogP contribution in [0.5, 0.6) is 0 Å². The van der Waals surface area contributed by atoms with Crippen molar-refractivity contribution in [3.8, 4) is 33.9 Å². The van der Waals surface area contributed by atoms with Crippen molar-refractivity contribution in [2.24, 2.45) is 10.7 Å². The largest absolute Gasteiger partial charge is 0.430 e. The van der Waals surface area contributed by atoms with Crippen molar-refractivity contribution in [2.75, 3.05) is 13.2 Å². The standard InChI is InChI=1S/C34H35F3N6O2/c1-22-19-30(43(42-22)33-16-3-5-18-45-33)28-14-8-12-26(40-28)24-10-6-9-23(20-24)25-11-7-13-27(39-25)29(21-31(38)34(35,36)37)41-32-15-2-4-17-44-32/h6-14,19-21,32-33H,2-5,15-18,38H2,1H3. The van der Waals surface area contributed by atoms with E-state index in [1.165, 1.54) is 0 Å². The SMILES string of the molecule is Cc1cc(-c2cccc(-c3cccc(-c4cccc(C(C=C(N)C(F)(F)F)=NC5CCCCO5)n4)c3)n2)n(C2CCCCO2)n1. The molecular formula is C34H35F3N6O2. The molecule has 2 fully saturated rings. The van der Waals surface area contributed by atoms with E-state index >= 15 is 0 Å². The number of rotatable bonds is 7. The van der Waals surface area contributed by atoms with Gasteiger partial charge in [-0.25, -0.2) is 14.6 Å². The number of nitrogens with zero attached hydrogens (tertiary/aromatic N) is 5. The van der Waals surface area contributed by atoms with Gasteiger partial charge in [0.25, 0.3) is 0 Å². The van der Waals surface area contributed by atoms with Gasteiger partial charge in [-0.15, -0.1) is 0 Å². The van der Waals surface area contributed by atoms with Crippen molar-refractivity contribution in [2.45, 2.75) is 64.1 Å². The summed E-state index contributed by atoms with van der Waals surface area (Å²) in [6, 6.07) is 20.8. The molecule has 45 heavy (non-hydrogen) atoms. The van der Waals surface area contributed by atoms with Gasteiger partial charge in [0, 0.05) is 24.3 Å². The number of allylic oxidation sites excluding steroid dienone is 2. The van der Waals surface area contributed by atoms with Crippen molar-refractivity contribution < 1.29 is 22.6 Å². The van der Waals surface area contributed by atoms with Gasteiger partial charge in [-0.1, -0.05) is 30.3 Å². The van der Waals surface area contributed by atoms with E-state index in [1.54, 1.807) is 12.1 Å². The number of aryl methyl sites for hydroxylation is 1. The fourth-order valence-electron chi connectivity index (χ4n) is 5.55. The third-order valence-electron chi connectivity index (χ3n) is 7.82. The van der Waals surface area contributed by atoms with E-state index in [-0.39, 0.29) is 17.6 Å². The molecule has 1 aromatic carbocycles. The molecule has 2 aliphatic rings. The highest BCUT2D eigenvalue weighted by Gasteiger charge is 2.32. The van der Waals surface area contributed by atoms with Gasteiger partial charge >= 0.3 is 6.18 Å². The highest BCUT2D eigenvalue weighted by Crippen LogP contribution is 2.31. The van der Waals surface area contributed by atoms with Crippen molar-refractivity contribution >= 4 is 5.71 Å². The molecule has 2 N–H and O–H groups in total. The smallest absolute Gasteiger partial charge is 0.395 e. The number of aliphatic imine (C=N–C) groups is 1. The molecule has 4 aromatic rings. The number of pyridine rings is 2. The summed E-state index contributed by atoms with van der Waals surface area (Å²) in [6.07, 6.45) is 0.903. The first kappa shape index (κ1) is 30.7. The number of benzene rings is 1. The lowest BCUT2D eigenvalue weighted by molar-refractivity contribution is -0.0925. The lowest BCUT2D eigenvalue weighted by Crippen LogP contribution is -2.23. The number of hydrogen-bond acceptors (Lipinski definition) is 7. The highest BCUT2D eigenvalue weighted by molar-refractivity contribution is 6.08. The first-order valence-electron chi connectivity index (χ1n) is 15.2. The minimum atomic E-state index is -4.69. The van der Waals surface area contributed by atoms with Crippen molar-refractivity contribution in [1.29, 1.82) is 0 Å². The minimum absolute atomic E-state index is 0.0259. The average Bonchev–Trinajstić information content (AvgIpc) is 3.46. The number of hydrogen-bond donors (Lipinski definition) is 1. The summed E-state index contributed by atoms with van der Waals surface area (Å²) in [4.78, 5) is 14.2. The number of nitrogens with two attached hydrogens (primary N) is 1. The second kappa shape index (κ2) is 13.3. The number of halogens is 3. The van der Waals surface area contributed by atoms with Crippen LogP contribution in [0.1, 0.15) is 56.1 Å². The fourth-order valence-corrected chi connectivity index (χ4v) is 5.55. The van der Waals surface area contributed by atoms with Crippen LogP contribution < -0.4 is 5.73 Å². The van der Waals surface area contributed by atoms with Gasteiger partial charge < -0.3 is 15.2 Å². The maximum Gasteiger partial charge on any atom is 0.430 e. The lowest BCUT2D eigenvalue weighted by atomic mass is 10.0. The predicted molar refractivity (Wildman–Crippen MR) is 166 cm³/mol. The monoisotopic (exact) mass is 616 g/mol. The average molecular weight is 617 g/mol. The number of aromatic nitrogens is 4. The molecule has 0 radical (unpaired) electrons. The molecule has 0 amide bonds. The lowest BCUT2D eigenvalue weighted by Gasteiger charge is -2.24. The van der Waals surface area contributed by atoms with E-state index in [9.17, 15) is 13.2 Å². The molecule has 234 valence electrons. The molecule has 2 saturated heterocycles. The van der Waals surface area contributed by atoms with Crippen LogP contribution in [-0.2, 0) is 9.47 Å². The zero-order chi connectivity index (χ0) is 31.4. The quantitative estimate of drug-likeness (QED) is 0.217. The van der Waals surface area contributed by atoms with E-state index in [0.29, 0.717) is 25.3 Å². The summed E-state index contributed by atoms with van der Waals surface area (Å²) in [5.74, 6) is 0. The normalized spacial score (nSPS) is 19.9. The van der Waals surface area contributed by atoms with Crippen LogP contribution in [-0.4, -0.2) is 51.1 Å². The Kier molecular flexibility index (Phi) is 9.09. The van der Waals surface area contributed by atoms with Crippen LogP contribution in [0, 0.1) is 6.92 Å². The van der Waals surface area contributed by atoms with Gasteiger partial charge in [0.1, 0.15) is 11.9 Å². The van der Waals surface area contributed by atoms with Gasteiger partial charge in [0.15, 0.2) is 6.23 Å². The van der Waals surface area contributed by atoms with E-state index in [1.807, 2.05) is 66.2 Å². The Balaban J connectivity index is 1.32. The second-order valence-electron chi connectivity index (χ2n) is 11.3. The summed E-state index contributed by atoms with van der Waals surface area (Å²) >= 11 is 0. The molecule has 0 spiro atoms. The molecule has 2 aliphatic heterocycles. The maximum absolute atomic E-state index is 13.4. The van der Waals surface area contributed by atoms with Crippen LogP contribution in [0.25, 0.3) is 33.9 Å². The Labute approximate surface area is 259 Å². The Bertz CT molecular complexity index is 1700. The van der Waals surface area contributed by atoms with E-state index in [0.717, 1.165) is 72.1 Å². The van der Waals surface area contributed by atoms with Gasteiger partial charge in [-0.05, 0) is 87.9 Å². The van der Waals surface area contributed by atoms with E-state index in [4.69, 9.17) is 30.3 Å². The van der Waals surface area contributed by atoms with Crippen molar-refractivity contribution in [3.05, 3.63) is 89.9 Å². The van der Waals surface area contributed by atoms with Gasteiger partial charge in [-0.3, -0.25) is 4.99 Å². The predicted octanol–water partition coefficient (Wildman–Crippen LogP) is 7.40. The molecule has 8 nitrogen and oxygen atoms in total. The summed E-state index contributed by atoms with van der Waals surface area (Å²) < 4.78 is 53.8. The third kappa shape index (κ3) is 7.32. The molecular weight excluding hydrogens is 581 g/mol. The van der Waals surface area contributed by atoms with E-state index < -0.39 is 18.1 Å². The summed E-state index contributed by atoms with van der Waals surface area (Å²) in [6.45, 7) is 3.18. The Morgan fingerprint density at radius 3 is 2.22 bits per heavy atom. The Morgan fingerprint density at radius 2 is 1.53 bits per heavy atom. The zero-order valence-corrected chi connectivity index (χ0v) is 25.0. The summed E-state index contributed by atoms with van der Waals surface area (Å²) in [5, 5.41) is 4.71. The summed E-state index contributed by atoms with van der Waals surface area (Å²) in [7, 11) is 0. The third-order valence-corrected chi connectivity index (χ3v) is 7.82. The van der Waals surface area contributed by atoms with Crippen LogP contribution >= 0.6 is 0 Å². The molecule has 11 heteroatoms. The maximum atomic E-state index is 13.4. The van der Waals surface area contributed by atoms with Gasteiger partial charge in [-0.2, -0.15) is 18.3 Å². The van der Waals surface area contributed by atoms with Crippen LogP contribution in [0.3, 0.4) is 0 Å². The molecule has 3 aromatic heterocycles. The van der Waals surface area contributed by atoms with Crippen LogP contribution in [0.4, 0.5) is 13.2 Å². The molecule has 2 unspecified atom stereocenters. The van der Waals surface area contributed by atoms with E-state index in [2.05, 4.69) is 4.99 Å². The second-order valence-corrected chi connectivity index (χ2v) is 11.3. The number of ether oxygens (including phenoxy) is 2. The molecule has 0 saturated carbocycles. The highest BCUT2D eigenvalue weighted by atomic mass is 19.4. The number of alkyl halides is 3. The van der Waals surface area contributed by atoms with Gasteiger partial charge in [0.2, 0.25) is 0 Å². The first-order chi connectivity index (χ1) is 21.7. The topological polar surface area (TPSA) is 100 Å². The fraction of sp³-hybridized carbons (Fsp3) is 0.353.